The molecule has 3 aromatic rings. The minimum atomic E-state index is -1.58. The van der Waals surface area contributed by atoms with Crippen LogP contribution in [0.3, 0.4) is 0 Å². The van der Waals surface area contributed by atoms with Crippen LogP contribution in [-0.2, 0) is 24.6 Å². The molecule has 4 amide bonds. The number of hydrogen-bond donors (Lipinski definition) is 3. The van der Waals surface area contributed by atoms with Gasteiger partial charge in [0.25, 0.3) is 23.6 Å². The molecule has 3 aromatic carbocycles. The van der Waals surface area contributed by atoms with Crippen LogP contribution in [0, 0.1) is 33.1 Å². The van der Waals surface area contributed by atoms with E-state index >= 15 is 4.79 Å². The number of ether oxygens (including phenoxy) is 1. The van der Waals surface area contributed by atoms with Crippen LogP contribution in [0.1, 0.15) is 29.9 Å². The van der Waals surface area contributed by atoms with Gasteiger partial charge in [0.15, 0.2) is 11.5 Å². The summed E-state index contributed by atoms with van der Waals surface area (Å²) in [6.07, 6.45) is 2.01. The number of phenols is 1. The van der Waals surface area contributed by atoms with Gasteiger partial charge in [-0.2, -0.15) is 10.1 Å². The maximum Gasteiger partial charge on any atom is 0.260 e. The zero-order chi connectivity index (χ0) is 32.7. The molecule has 3 N–H and O–H groups in total. The van der Waals surface area contributed by atoms with Crippen LogP contribution in [0.4, 0.5) is 10.1 Å². The molecule has 6 unspecified atom stereocenters. The highest BCUT2D eigenvalue weighted by atomic mass is 127. The predicted molar refractivity (Wildman–Crippen MR) is 170 cm³/mol. The number of allylic oxidation sites excluding steroid dienone is 2. The van der Waals surface area contributed by atoms with Gasteiger partial charge in [-0.05, 0) is 101 Å². The summed E-state index contributed by atoms with van der Waals surface area (Å²) < 4.78 is 19.7. The number of nitrogens with one attached hydrogen (secondary N) is 1. The Labute approximate surface area is 280 Å². The maximum absolute atomic E-state index is 15.0. The zero-order valence-corrected chi connectivity index (χ0v) is 27.0. The minimum absolute atomic E-state index is 0.0253. The summed E-state index contributed by atoms with van der Waals surface area (Å²) in [4.78, 5) is 55.8. The average molecular weight is 758 g/mol. The summed E-state index contributed by atoms with van der Waals surface area (Å²) in [6, 6.07) is 15.2. The van der Waals surface area contributed by atoms with E-state index in [0.29, 0.717) is 31.0 Å². The number of imide groups is 2. The van der Waals surface area contributed by atoms with Crippen molar-refractivity contribution in [3.05, 3.63) is 97.8 Å². The number of hydroxylamine groups is 2. The van der Waals surface area contributed by atoms with E-state index in [4.69, 9.17) is 16.3 Å². The summed E-state index contributed by atoms with van der Waals surface area (Å²) in [6.45, 7) is 0. The molecular weight excluding hydrogens is 732 g/mol. The zero-order valence-electron chi connectivity index (χ0n) is 24.1. The van der Waals surface area contributed by atoms with Crippen molar-refractivity contribution in [2.45, 2.75) is 24.2 Å². The summed E-state index contributed by atoms with van der Waals surface area (Å²) in [5.74, 6) is -7.43. The Bertz CT molecular complexity index is 1850. The van der Waals surface area contributed by atoms with Crippen LogP contribution >= 0.6 is 34.2 Å². The number of hydrazine groups is 1. The van der Waals surface area contributed by atoms with Crippen molar-refractivity contribution in [1.29, 1.82) is 0 Å². The Balaban J connectivity index is 1.50. The van der Waals surface area contributed by atoms with Crippen molar-refractivity contribution in [1.82, 2.24) is 10.1 Å². The first-order valence-electron chi connectivity index (χ1n) is 14.5. The molecule has 6 atom stereocenters. The highest BCUT2D eigenvalue weighted by molar-refractivity contribution is 14.1. The number of methoxy groups -OCH3 is 1. The smallest absolute Gasteiger partial charge is 0.260 e. The maximum atomic E-state index is 15.0. The van der Waals surface area contributed by atoms with Crippen LogP contribution in [0.2, 0.25) is 5.02 Å². The van der Waals surface area contributed by atoms with Crippen LogP contribution in [0.15, 0.2) is 72.3 Å². The molecule has 0 bridgehead atoms. The first kappa shape index (κ1) is 30.6. The van der Waals surface area contributed by atoms with Crippen molar-refractivity contribution < 1.29 is 38.6 Å². The third-order valence-corrected chi connectivity index (χ3v) is 10.9. The van der Waals surface area contributed by atoms with Crippen LogP contribution in [-0.4, -0.2) is 51.1 Å². The largest absolute Gasteiger partial charge is 0.504 e. The van der Waals surface area contributed by atoms with Gasteiger partial charge in [0.1, 0.15) is 5.82 Å². The number of phenolic OH excluding ortho intramolecular Hbond substituents is 1. The van der Waals surface area contributed by atoms with E-state index in [0.717, 1.165) is 5.01 Å². The highest BCUT2D eigenvalue weighted by Crippen LogP contribution is 2.64. The molecule has 10 nitrogen and oxygen atoms in total. The van der Waals surface area contributed by atoms with Gasteiger partial charge in [0.05, 0.1) is 39.5 Å². The molecule has 4 aliphatic rings. The van der Waals surface area contributed by atoms with Crippen LogP contribution in [0.5, 0.6) is 11.5 Å². The third kappa shape index (κ3) is 4.29. The first-order chi connectivity index (χ1) is 22.0. The molecule has 2 heterocycles. The number of anilines is 1. The average Bonchev–Trinajstić information content (AvgIpc) is 3.40. The fourth-order valence-corrected chi connectivity index (χ4v) is 8.68. The van der Waals surface area contributed by atoms with Gasteiger partial charge in [0, 0.05) is 10.9 Å². The quantitative estimate of drug-likeness (QED) is 0.141. The van der Waals surface area contributed by atoms with E-state index in [2.05, 4.69) is 5.43 Å². The Hall–Kier alpha value is -4.01. The topological polar surface area (TPSA) is 136 Å². The fraction of sp³-hybridized carbons (Fsp3) is 0.273. The van der Waals surface area contributed by atoms with Crippen LogP contribution in [0.25, 0.3) is 0 Å². The molecule has 2 aliphatic heterocycles. The van der Waals surface area contributed by atoms with Crippen molar-refractivity contribution in [2.24, 2.45) is 23.7 Å². The lowest BCUT2D eigenvalue weighted by Crippen LogP contribution is -2.53. The number of carbonyl (C=O) groups is 4. The van der Waals surface area contributed by atoms with Crippen molar-refractivity contribution >= 4 is 63.5 Å². The van der Waals surface area contributed by atoms with Gasteiger partial charge in [-0.25, -0.2) is 4.39 Å². The molecule has 2 saturated heterocycles. The number of nitrogens with zero attached hydrogens (tertiary/aromatic N) is 2. The van der Waals surface area contributed by atoms with Gasteiger partial charge >= 0.3 is 0 Å². The molecule has 2 aliphatic carbocycles. The van der Waals surface area contributed by atoms with E-state index in [9.17, 15) is 29.1 Å². The number of carbonyl (C=O) groups excluding carboxylic acids is 4. The fourth-order valence-electron chi connectivity index (χ4n) is 7.93. The van der Waals surface area contributed by atoms with Crippen LogP contribution < -0.4 is 10.2 Å². The second kappa shape index (κ2) is 11.1. The summed E-state index contributed by atoms with van der Waals surface area (Å²) in [5.41, 5.74) is 3.30. The molecule has 46 heavy (non-hydrogen) atoms. The SMILES string of the molecule is COc1cc(C2C3=CCC4C(=O)N(O)C(=O)C4C3CC3C(=O)N(Nc4ccc(F)cc4)C(=O)C32c2ccc(Cl)cc2)cc(I)c1O. The molecule has 0 spiro atoms. The van der Waals surface area contributed by atoms with Gasteiger partial charge in [-0.3, -0.25) is 29.8 Å². The molecule has 7 rings (SSSR count). The van der Waals surface area contributed by atoms with E-state index in [1.165, 1.54) is 31.4 Å². The molecule has 3 fully saturated rings. The Kier molecular flexibility index (Phi) is 7.36. The number of hydrogen-bond acceptors (Lipinski definition) is 8. The number of amides is 4. The molecule has 1 saturated carbocycles. The summed E-state index contributed by atoms with van der Waals surface area (Å²) in [7, 11) is 1.40. The van der Waals surface area contributed by atoms with E-state index in [1.807, 2.05) is 28.7 Å². The molecule has 236 valence electrons. The number of benzene rings is 3. The minimum Gasteiger partial charge on any atom is -0.504 e. The van der Waals surface area contributed by atoms with Gasteiger partial charge in [0.2, 0.25) is 0 Å². The van der Waals surface area contributed by atoms with Crippen molar-refractivity contribution in [3.63, 3.8) is 0 Å². The van der Waals surface area contributed by atoms with Crippen molar-refractivity contribution in [2.75, 3.05) is 12.5 Å². The Morgan fingerprint density at radius 1 is 1.00 bits per heavy atom. The monoisotopic (exact) mass is 757 g/mol. The second-order valence-electron chi connectivity index (χ2n) is 11.9. The van der Waals surface area contributed by atoms with E-state index in [1.54, 1.807) is 36.4 Å². The molecule has 0 radical (unpaired) electrons. The van der Waals surface area contributed by atoms with E-state index in [-0.39, 0.29) is 29.4 Å². The van der Waals surface area contributed by atoms with E-state index < -0.39 is 64.5 Å². The lowest BCUT2D eigenvalue weighted by Gasteiger charge is -2.50. The highest BCUT2D eigenvalue weighted by Gasteiger charge is 2.70. The standard InChI is InChI=1S/C33H26ClFIN3O7/c1-46-25-13-15(12-24(36)28(25)40)27-20-10-11-21-26(31(43)39(45)29(21)41)22(20)14-23-30(42)38(37-19-8-6-18(35)7-9-19)32(44)33(23,27)16-2-4-17(34)5-3-16/h2-10,12-13,21-23,26-27,37,40,45H,11,14H2,1H3. The van der Waals surface area contributed by atoms with Crippen molar-refractivity contribution in [3.8, 4) is 11.5 Å². The van der Waals surface area contributed by atoms with Gasteiger partial charge in [-0.15, -0.1) is 0 Å². The summed E-state index contributed by atoms with van der Waals surface area (Å²) >= 11 is 8.25. The lowest BCUT2D eigenvalue weighted by molar-refractivity contribution is -0.173. The number of halogens is 3. The molecule has 0 aromatic heterocycles. The summed E-state index contributed by atoms with van der Waals surface area (Å²) in [5, 5.41) is 22.6. The number of fused-ring (bicyclic) bond motifs is 4. The second-order valence-corrected chi connectivity index (χ2v) is 13.5. The molecule has 13 heteroatoms. The number of aromatic hydroxyl groups is 1. The number of rotatable bonds is 5. The predicted octanol–water partition coefficient (Wildman–Crippen LogP) is 5.17. The molecular formula is C33H26ClFIN3O7. The van der Waals surface area contributed by atoms with Gasteiger partial charge in [-0.1, -0.05) is 35.4 Å². The third-order valence-electron chi connectivity index (χ3n) is 9.84. The first-order valence-corrected chi connectivity index (χ1v) is 15.9. The van der Waals surface area contributed by atoms with Gasteiger partial charge < -0.3 is 9.84 Å². The Morgan fingerprint density at radius 3 is 2.37 bits per heavy atom. The normalized spacial score (nSPS) is 28.5. The Morgan fingerprint density at radius 2 is 1.70 bits per heavy atom. The lowest BCUT2D eigenvalue weighted by atomic mass is 9.49.